The molecule has 2 N–H and O–H groups in total. The van der Waals surface area contributed by atoms with Crippen LogP contribution in [-0.2, 0) is 0 Å². The van der Waals surface area contributed by atoms with E-state index in [1.807, 2.05) is 0 Å². The lowest BCUT2D eigenvalue weighted by atomic mass is 9.55. The van der Waals surface area contributed by atoms with Gasteiger partial charge in [0.2, 0.25) is 0 Å². The predicted octanol–water partition coefficient (Wildman–Crippen LogP) is 3.33. The molecule has 0 saturated heterocycles. The lowest BCUT2D eigenvalue weighted by Gasteiger charge is -2.52. The molecule has 0 radical (unpaired) electrons. The monoisotopic (exact) mass is 183 g/mol. The van der Waals surface area contributed by atoms with Crippen LogP contribution in [0.1, 0.15) is 60.3 Å². The van der Waals surface area contributed by atoms with Gasteiger partial charge in [0.1, 0.15) is 0 Å². The summed E-state index contributed by atoms with van der Waals surface area (Å²) in [5.41, 5.74) is 7.30. The van der Waals surface area contributed by atoms with Crippen LogP contribution in [0.15, 0.2) is 0 Å². The number of hydrogen-bond donors (Lipinski definition) is 1. The van der Waals surface area contributed by atoms with Gasteiger partial charge in [-0.3, -0.25) is 0 Å². The summed E-state index contributed by atoms with van der Waals surface area (Å²) in [5.74, 6) is 0. The maximum absolute atomic E-state index is 6.36. The highest BCUT2D eigenvalue weighted by Gasteiger charge is 2.46. The van der Waals surface area contributed by atoms with E-state index in [1.54, 1.807) is 0 Å². The van der Waals surface area contributed by atoms with Gasteiger partial charge in [0.25, 0.3) is 0 Å². The Morgan fingerprint density at radius 1 is 1.00 bits per heavy atom. The Balaban J connectivity index is 2.82. The summed E-state index contributed by atoms with van der Waals surface area (Å²) in [6, 6.07) is 0. The molecule has 1 aliphatic rings. The van der Waals surface area contributed by atoms with E-state index in [2.05, 4.69) is 34.6 Å². The third-order valence-electron chi connectivity index (χ3n) is 4.58. The van der Waals surface area contributed by atoms with Crippen molar-refractivity contribution in [3.05, 3.63) is 0 Å². The van der Waals surface area contributed by atoms with Crippen LogP contribution in [0.5, 0.6) is 0 Å². The van der Waals surface area contributed by atoms with Gasteiger partial charge in [0.05, 0.1) is 0 Å². The van der Waals surface area contributed by atoms with Crippen molar-refractivity contribution in [2.45, 2.75) is 65.8 Å². The third-order valence-corrected chi connectivity index (χ3v) is 4.58. The van der Waals surface area contributed by atoms with E-state index in [9.17, 15) is 0 Å². The molecule has 1 unspecified atom stereocenters. The molecule has 0 spiro atoms. The van der Waals surface area contributed by atoms with Crippen LogP contribution in [0, 0.1) is 10.8 Å². The summed E-state index contributed by atoms with van der Waals surface area (Å²) in [5, 5.41) is 0. The highest BCUT2D eigenvalue weighted by atomic mass is 14.8. The van der Waals surface area contributed by atoms with E-state index in [-0.39, 0.29) is 5.54 Å². The molecule has 0 amide bonds. The van der Waals surface area contributed by atoms with Crippen LogP contribution in [0.25, 0.3) is 0 Å². The van der Waals surface area contributed by atoms with Crippen LogP contribution < -0.4 is 5.73 Å². The van der Waals surface area contributed by atoms with E-state index in [0.29, 0.717) is 10.8 Å². The van der Waals surface area contributed by atoms with Crippen LogP contribution >= 0.6 is 0 Å². The summed E-state index contributed by atoms with van der Waals surface area (Å²) in [4.78, 5) is 0. The highest BCUT2D eigenvalue weighted by molar-refractivity contribution is 5.01. The average Bonchev–Trinajstić information content (AvgIpc) is 1.98. The normalized spacial score (nSPS) is 37.4. The van der Waals surface area contributed by atoms with Crippen molar-refractivity contribution in [3.63, 3.8) is 0 Å². The fourth-order valence-corrected chi connectivity index (χ4v) is 2.41. The molecule has 1 rings (SSSR count). The second-order valence-corrected chi connectivity index (χ2v) is 6.16. The Morgan fingerprint density at radius 2 is 1.54 bits per heavy atom. The fraction of sp³-hybridized carbons (Fsp3) is 1.00. The SMILES string of the molecule is CCC1(N)CCC(C)(C)C(C)(C)C1. The van der Waals surface area contributed by atoms with Gasteiger partial charge in [0.15, 0.2) is 0 Å². The lowest BCUT2D eigenvalue weighted by Crippen LogP contribution is -2.52. The second-order valence-electron chi connectivity index (χ2n) is 6.16. The Labute approximate surface area is 83.1 Å². The van der Waals surface area contributed by atoms with E-state index < -0.39 is 0 Å². The maximum atomic E-state index is 6.36. The molecule has 0 aliphatic heterocycles. The van der Waals surface area contributed by atoms with E-state index in [1.165, 1.54) is 19.3 Å². The maximum Gasteiger partial charge on any atom is 0.0157 e. The first kappa shape index (κ1) is 11.0. The topological polar surface area (TPSA) is 26.0 Å². The van der Waals surface area contributed by atoms with E-state index >= 15 is 0 Å². The Kier molecular flexibility index (Phi) is 2.53. The van der Waals surface area contributed by atoms with Crippen molar-refractivity contribution in [1.29, 1.82) is 0 Å². The molecular weight excluding hydrogens is 158 g/mol. The second kappa shape index (κ2) is 2.98. The Bertz CT molecular complexity index is 193. The van der Waals surface area contributed by atoms with Crippen LogP contribution in [-0.4, -0.2) is 5.54 Å². The molecule has 1 nitrogen and oxygen atoms in total. The standard InChI is InChI=1S/C12H25N/c1-6-12(13)8-7-10(2,3)11(4,5)9-12/h6-9,13H2,1-5H3. The molecule has 0 heterocycles. The van der Waals surface area contributed by atoms with E-state index in [0.717, 1.165) is 6.42 Å². The first-order valence-corrected chi connectivity index (χ1v) is 5.51. The van der Waals surface area contributed by atoms with Crippen molar-refractivity contribution in [2.24, 2.45) is 16.6 Å². The highest BCUT2D eigenvalue weighted by Crippen LogP contribution is 2.52. The molecule has 0 aromatic carbocycles. The van der Waals surface area contributed by atoms with Gasteiger partial charge < -0.3 is 5.73 Å². The minimum Gasteiger partial charge on any atom is -0.325 e. The van der Waals surface area contributed by atoms with Crippen LogP contribution in [0.2, 0.25) is 0 Å². The van der Waals surface area contributed by atoms with Gasteiger partial charge in [-0.15, -0.1) is 0 Å². The summed E-state index contributed by atoms with van der Waals surface area (Å²) in [6.07, 6.45) is 4.75. The van der Waals surface area contributed by atoms with Gasteiger partial charge in [0, 0.05) is 5.54 Å². The summed E-state index contributed by atoms with van der Waals surface area (Å²) >= 11 is 0. The van der Waals surface area contributed by atoms with Gasteiger partial charge in [-0.25, -0.2) is 0 Å². The zero-order chi connectivity index (χ0) is 10.3. The number of hydrogen-bond acceptors (Lipinski definition) is 1. The number of nitrogens with two attached hydrogens (primary N) is 1. The zero-order valence-corrected chi connectivity index (χ0v) is 9.91. The molecular formula is C12H25N. The fourth-order valence-electron chi connectivity index (χ4n) is 2.41. The van der Waals surface area contributed by atoms with Gasteiger partial charge in [-0.2, -0.15) is 0 Å². The molecule has 1 aliphatic carbocycles. The Morgan fingerprint density at radius 3 is 1.92 bits per heavy atom. The summed E-state index contributed by atoms with van der Waals surface area (Å²) in [6.45, 7) is 11.7. The van der Waals surface area contributed by atoms with Crippen molar-refractivity contribution in [3.8, 4) is 0 Å². The first-order valence-electron chi connectivity index (χ1n) is 5.51. The molecule has 0 aromatic heterocycles. The largest absolute Gasteiger partial charge is 0.325 e. The van der Waals surface area contributed by atoms with Crippen molar-refractivity contribution in [1.82, 2.24) is 0 Å². The van der Waals surface area contributed by atoms with Crippen molar-refractivity contribution in [2.75, 3.05) is 0 Å². The summed E-state index contributed by atoms with van der Waals surface area (Å²) in [7, 11) is 0. The first-order chi connectivity index (χ1) is 5.72. The van der Waals surface area contributed by atoms with Crippen molar-refractivity contribution >= 4 is 0 Å². The minimum absolute atomic E-state index is 0.110. The third kappa shape index (κ3) is 1.90. The molecule has 1 fully saturated rings. The lowest BCUT2D eigenvalue weighted by molar-refractivity contribution is 0.00671. The smallest absolute Gasteiger partial charge is 0.0157 e. The molecule has 78 valence electrons. The molecule has 0 aromatic rings. The van der Waals surface area contributed by atoms with Gasteiger partial charge in [-0.1, -0.05) is 34.6 Å². The minimum atomic E-state index is 0.110. The van der Waals surface area contributed by atoms with Crippen molar-refractivity contribution < 1.29 is 0 Å². The van der Waals surface area contributed by atoms with Crippen LogP contribution in [0.3, 0.4) is 0 Å². The molecule has 1 heteroatoms. The number of rotatable bonds is 1. The molecule has 1 saturated carbocycles. The molecule has 1 atom stereocenters. The summed E-state index contributed by atoms with van der Waals surface area (Å²) < 4.78 is 0. The molecule has 0 bridgehead atoms. The average molecular weight is 183 g/mol. The Hall–Kier alpha value is -0.0400. The predicted molar refractivity (Wildman–Crippen MR) is 58.6 cm³/mol. The zero-order valence-electron chi connectivity index (χ0n) is 9.91. The van der Waals surface area contributed by atoms with Gasteiger partial charge >= 0.3 is 0 Å². The van der Waals surface area contributed by atoms with Gasteiger partial charge in [-0.05, 0) is 36.5 Å². The quantitative estimate of drug-likeness (QED) is 0.663. The van der Waals surface area contributed by atoms with Crippen LogP contribution in [0.4, 0.5) is 0 Å². The molecule has 13 heavy (non-hydrogen) atoms. The van der Waals surface area contributed by atoms with E-state index in [4.69, 9.17) is 5.73 Å².